The van der Waals surface area contributed by atoms with Gasteiger partial charge in [-0.3, -0.25) is 10.5 Å². The van der Waals surface area contributed by atoms with E-state index in [1.165, 1.54) is 13.3 Å². The molecular weight excluding hydrogens is 531 g/mol. The first kappa shape index (κ1) is 24.1. The van der Waals surface area contributed by atoms with Gasteiger partial charge in [-0.15, -0.1) is 0 Å². The Morgan fingerprint density at radius 2 is 2.08 bits per heavy atom. The minimum absolute atomic E-state index is 0.385. The molecule has 0 radical (unpaired) electrons. The van der Waals surface area contributed by atoms with Crippen LogP contribution in [0.5, 0.6) is 0 Å². The zero-order valence-corrected chi connectivity index (χ0v) is 21.3. The van der Waals surface area contributed by atoms with E-state index in [0.717, 1.165) is 10.3 Å². The number of benzene rings is 2. The maximum absolute atomic E-state index is 11.5. The van der Waals surface area contributed by atoms with E-state index >= 15 is 0 Å². The Labute approximate surface area is 226 Å². The number of aromatic nitrogens is 3. The summed E-state index contributed by atoms with van der Waals surface area (Å²) in [6, 6.07) is 14.2. The van der Waals surface area contributed by atoms with Crippen molar-refractivity contribution in [1.29, 1.82) is 5.26 Å². The number of imidazole rings is 1. The minimum atomic E-state index is -1.09. The molecule has 6 rings (SSSR count). The van der Waals surface area contributed by atoms with Gasteiger partial charge in [0.05, 0.1) is 41.2 Å². The summed E-state index contributed by atoms with van der Waals surface area (Å²) in [5.74, 6) is 0.551. The molecule has 10 nitrogen and oxygen atoms in total. The molecule has 1 aliphatic carbocycles. The molecule has 0 fully saturated rings. The first-order valence-electron chi connectivity index (χ1n) is 11.5. The average Bonchev–Trinajstić information content (AvgIpc) is 3.62. The summed E-state index contributed by atoms with van der Waals surface area (Å²) >= 11 is 13.1. The Kier molecular flexibility index (Phi) is 5.65. The lowest BCUT2D eigenvalue weighted by molar-refractivity contribution is -0.912. The molecule has 0 saturated carbocycles. The molecule has 2 aromatic heterocycles. The van der Waals surface area contributed by atoms with E-state index in [0.29, 0.717) is 68.0 Å². The van der Waals surface area contributed by atoms with Crippen molar-refractivity contribution in [3.63, 3.8) is 0 Å². The molecule has 4 aromatic rings. The van der Waals surface area contributed by atoms with Crippen LogP contribution in [0.25, 0.3) is 22.4 Å². The highest BCUT2D eigenvalue weighted by Crippen LogP contribution is 2.49. The van der Waals surface area contributed by atoms with Crippen LogP contribution in [0.1, 0.15) is 29.1 Å². The maximum Gasteiger partial charge on any atom is 0.411 e. The monoisotopic (exact) mass is 549 g/mol. The highest BCUT2D eigenvalue weighted by Gasteiger charge is 2.58. The molecule has 0 bridgehead atoms. The number of pyridine rings is 1. The predicted molar refractivity (Wildman–Crippen MR) is 137 cm³/mol. The molecule has 0 saturated heterocycles. The molecule has 38 heavy (non-hydrogen) atoms. The van der Waals surface area contributed by atoms with Crippen molar-refractivity contribution >= 4 is 35.0 Å². The normalized spacial score (nSPS) is 17.0. The van der Waals surface area contributed by atoms with Crippen LogP contribution in [-0.4, -0.2) is 28.1 Å². The van der Waals surface area contributed by atoms with E-state index in [1.807, 2.05) is 12.1 Å². The smallest absolute Gasteiger partial charge is 0.411 e. The molecule has 2 aromatic carbocycles. The summed E-state index contributed by atoms with van der Waals surface area (Å²) in [5, 5.41) is 24.2. The Balaban J connectivity index is 1.40. The van der Waals surface area contributed by atoms with Crippen LogP contribution in [0.3, 0.4) is 0 Å². The van der Waals surface area contributed by atoms with Gasteiger partial charge in [0.1, 0.15) is 0 Å². The van der Waals surface area contributed by atoms with Crippen molar-refractivity contribution < 1.29 is 24.3 Å². The molecule has 1 aliphatic heterocycles. The average molecular weight is 550 g/mol. The summed E-state index contributed by atoms with van der Waals surface area (Å²) < 4.78 is 7.27. The van der Waals surface area contributed by atoms with Gasteiger partial charge in [0.2, 0.25) is 11.8 Å². The van der Waals surface area contributed by atoms with E-state index in [2.05, 4.69) is 21.7 Å². The summed E-state index contributed by atoms with van der Waals surface area (Å²) in [7, 11) is 1.30. The number of hydrogen-bond donors (Lipinski definition) is 3. The minimum Gasteiger partial charge on any atom is -0.453 e. The number of carbonyl (C=O) groups excluding carboxylic acids is 1. The van der Waals surface area contributed by atoms with Crippen molar-refractivity contribution in [3.8, 4) is 28.5 Å². The van der Waals surface area contributed by atoms with Crippen molar-refractivity contribution in [2.24, 2.45) is 0 Å². The molecule has 1 spiro atoms. The van der Waals surface area contributed by atoms with Gasteiger partial charge in [-0.05, 0) is 36.8 Å². The van der Waals surface area contributed by atoms with Crippen LogP contribution in [0.2, 0.25) is 10.0 Å². The second-order valence-corrected chi connectivity index (χ2v) is 9.68. The second-order valence-electron chi connectivity index (χ2n) is 8.86. The van der Waals surface area contributed by atoms with Gasteiger partial charge in [0.25, 0.3) is 5.69 Å². The number of rotatable bonds is 3. The van der Waals surface area contributed by atoms with E-state index in [4.69, 9.17) is 33.0 Å². The number of nitriles is 1. The number of amides is 1. The Morgan fingerprint density at radius 1 is 1.29 bits per heavy atom. The fourth-order valence-electron chi connectivity index (χ4n) is 5.01. The van der Waals surface area contributed by atoms with Gasteiger partial charge in [0.15, 0.2) is 5.82 Å². The van der Waals surface area contributed by atoms with E-state index in [-0.39, 0.29) is 0 Å². The second kappa shape index (κ2) is 8.92. The van der Waals surface area contributed by atoms with Gasteiger partial charge in [-0.25, -0.2) is 19.3 Å². The number of carbonyl (C=O) groups is 1. The van der Waals surface area contributed by atoms with Crippen LogP contribution in [0.4, 0.5) is 10.5 Å². The summed E-state index contributed by atoms with van der Waals surface area (Å²) in [6.45, 7) is 0. The van der Waals surface area contributed by atoms with Crippen molar-refractivity contribution in [2.75, 3.05) is 18.0 Å². The Morgan fingerprint density at radius 3 is 2.82 bits per heavy atom. The lowest BCUT2D eigenvalue weighted by atomic mass is 9.97. The fourth-order valence-corrected chi connectivity index (χ4v) is 5.51. The van der Waals surface area contributed by atoms with Crippen LogP contribution in [0, 0.1) is 11.3 Å². The number of anilines is 1. The van der Waals surface area contributed by atoms with Crippen molar-refractivity contribution in [3.05, 3.63) is 87.5 Å². The number of nitrogens with zero attached hydrogens (tertiary/aromatic N) is 4. The van der Waals surface area contributed by atoms with Crippen LogP contribution >= 0.6 is 23.2 Å². The third-order valence-corrected chi connectivity index (χ3v) is 7.43. The van der Waals surface area contributed by atoms with Crippen LogP contribution in [0.15, 0.2) is 54.9 Å². The summed E-state index contributed by atoms with van der Waals surface area (Å²) in [5.41, 5.74) is 6.38. The van der Waals surface area contributed by atoms with Crippen LogP contribution < -0.4 is 15.6 Å². The zero-order valence-electron chi connectivity index (χ0n) is 19.8. The molecular formula is C26H19Cl2N6O4+. The number of nitrogens with one attached hydrogen (secondary N) is 2. The highest BCUT2D eigenvalue weighted by atomic mass is 35.5. The first-order valence-corrected chi connectivity index (χ1v) is 12.3. The molecule has 1 atom stereocenters. The predicted octanol–water partition coefficient (Wildman–Crippen LogP) is 4.78. The SMILES string of the molecule is COC(=O)Nc1ccc(-c2cn3c(n2)C2(CCc4c(Cl)c(-c5cc(Cl)ccc5C#N)c[n+](O)c42)ON3)cc1. The molecule has 12 heteroatoms. The molecule has 1 unspecified atom stereocenters. The lowest BCUT2D eigenvalue weighted by Gasteiger charge is -2.17. The molecule has 2 aliphatic rings. The van der Waals surface area contributed by atoms with Crippen molar-refractivity contribution in [1.82, 2.24) is 9.66 Å². The molecule has 3 heterocycles. The van der Waals surface area contributed by atoms with E-state index in [1.54, 1.807) is 41.2 Å². The highest BCUT2D eigenvalue weighted by molar-refractivity contribution is 6.34. The van der Waals surface area contributed by atoms with Gasteiger partial charge in [-0.2, -0.15) is 10.9 Å². The van der Waals surface area contributed by atoms with E-state index < -0.39 is 11.7 Å². The number of halogens is 2. The number of ether oxygens (including phenoxy) is 1. The molecule has 3 N–H and O–H groups in total. The number of hydrogen-bond acceptors (Lipinski definition) is 7. The summed E-state index contributed by atoms with van der Waals surface area (Å²) in [6.07, 6.45) is 3.67. The third kappa shape index (κ3) is 3.63. The van der Waals surface area contributed by atoms with E-state index in [9.17, 15) is 15.3 Å². The van der Waals surface area contributed by atoms with Crippen LogP contribution in [-0.2, 0) is 21.6 Å². The largest absolute Gasteiger partial charge is 0.453 e. The van der Waals surface area contributed by atoms with Crippen molar-refractivity contribution in [2.45, 2.75) is 18.4 Å². The first-order chi connectivity index (χ1) is 18.3. The Hall–Kier alpha value is -4.30. The quantitative estimate of drug-likeness (QED) is 0.248. The van der Waals surface area contributed by atoms with Gasteiger partial charge in [-0.1, -0.05) is 35.3 Å². The lowest BCUT2D eigenvalue weighted by Crippen LogP contribution is -2.44. The summed E-state index contributed by atoms with van der Waals surface area (Å²) in [4.78, 5) is 22.3. The molecule has 190 valence electrons. The topological polar surface area (TPSA) is 125 Å². The third-order valence-electron chi connectivity index (χ3n) is 6.77. The van der Waals surface area contributed by atoms with Gasteiger partial charge < -0.3 is 4.74 Å². The zero-order chi connectivity index (χ0) is 26.6. The fraction of sp³-hybridized carbons (Fsp3) is 0.154. The van der Waals surface area contributed by atoms with Gasteiger partial charge >= 0.3 is 6.09 Å². The number of fused-ring (bicyclic) bond motifs is 4. The maximum atomic E-state index is 11.5. The van der Waals surface area contributed by atoms with Gasteiger partial charge in [0, 0.05) is 38.6 Å². The Bertz CT molecular complexity index is 1660. The molecule has 1 amide bonds. The number of methoxy groups -OCH3 is 1. The standard InChI is InChI=1S/C26H18Cl2N6O4/c1-37-25(35)30-17-6-3-14(4-7-17)21-13-33-24(31-21)26(38-32-33)9-8-18-22(28)20(12-34(36)23(18)26)19-10-16(27)5-2-15(19)11-29/h2-7,10,12-13,32H,8-9H2,1H3,(H-,30,35,36)/p+1.